The molecular weight excluding hydrogens is 471 g/mol. The van der Waals surface area contributed by atoms with Gasteiger partial charge in [0.1, 0.15) is 5.82 Å². The first-order valence-corrected chi connectivity index (χ1v) is 11.5. The summed E-state index contributed by atoms with van der Waals surface area (Å²) in [4.78, 5) is 6.64. The van der Waals surface area contributed by atoms with Crippen molar-refractivity contribution in [3.63, 3.8) is 0 Å². The Labute approximate surface area is 206 Å². The molecule has 0 saturated heterocycles. The minimum Gasteiger partial charge on any atom is -0.351 e. The first kappa shape index (κ1) is 22.3. The van der Waals surface area contributed by atoms with E-state index < -0.39 is 6.04 Å². The molecule has 34 heavy (non-hydrogen) atoms. The first-order valence-electron chi connectivity index (χ1n) is 10.7. The van der Waals surface area contributed by atoms with Gasteiger partial charge in [0.05, 0.1) is 11.6 Å². The normalized spacial score (nSPS) is 16.0. The summed E-state index contributed by atoms with van der Waals surface area (Å²) in [7, 11) is 0. The van der Waals surface area contributed by atoms with Gasteiger partial charge < -0.3 is 14.7 Å². The number of rotatable bonds is 5. The van der Waals surface area contributed by atoms with Crippen molar-refractivity contribution < 1.29 is 8.91 Å². The number of halogens is 2. The summed E-state index contributed by atoms with van der Waals surface area (Å²) in [6, 6.07) is 23.2. The van der Waals surface area contributed by atoms with Crippen molar-refractivity contribution in [3.8, 4) is 11.4 Å². The Kier molecular flexibility index (Phi) is 6.13. The van der Waals surface area contributed by atoms with Crippen LogP contribution in [-0.4, -0.2) is 20.2 Å². The number of thiocarbonyl (C=S) groups is 1. The van der Waals surface area contributed by atoms with Crippen LogP contribution in [0.3, 0.4) is 0 Å². The van der Waals surface area contributed by atoms with Gasteiger partial charge in [-0.3, -0.25) is 0 Å². The molecule has 0 spiro atoms. The van der Waals surface area contributed by atoms with E-state index in [4.69, 9.17) is 28.3 Å². The summed E-state index contributed by atoms with van der Waals surface area (Å²) in [6.07, 6.45) is 0. The predicted octanol–water partition coefficient (Wildman–Crippen LogP) is 6.39. The molecule has 0 bridgehead atoms. The molecule has 1 unspecified atom stereocenters. The molecule has 1 aliphatic heterocycles. The molecule has 170 valence electrons. The lowest BCUT2D eigenvalue weighted by atomic mass is 9.94. The molecule has 1 aliphatic rings. The van der Waals surface area contributed by atoms with Crippen LogP contribution in [0, 0.1) is 5.82 Å². The number of nitrogens with one attached hydrogen (secondary N) is 1. The molecule has 0 saturated carbocycles. The fourth-order valence-electron chi connectivity index (χ4n) is 3.99. The fraction of sp³-hybridized carbons (Fsp3) is 0.115. The molecule has 0 radical (unpaired) electrons. The lowest BCUT2D eigenvalue weighted by molar-refractivity contribution is 0.396. The van der Waals surface area contributed by atoms with E-state index in [0.29, 0.717) is 34.0 Å². The topological polar surface area (TPSA) is 54.2 Å². The zero-order valence-corrected chi connectivity index (χ0v) is 19.8. The minimum atomic E-state index is -0.450. The quantitative estimate of drug-likeness (QED) is 0.327. The smallest absolute Gasteiger partial charge is 0.258 e. The van der Waals surface area contributed by atoms with Gasteiger partial charge in [0.2, 0.25) is 5.82 Å². The number of hydrogen-bond donors (Lipinski definition) is 1. The highest BCUT2D eigenvalue weighted by molar-refractivity contribution is 7.80. The largest absolute Gasteiger partial charge is 0.351 e. The van der Waals surface area contributed by atoms with Gasteiger partial charge in [-0.25, -0.2) is 4.39 Å². The van der Waals surface area contributed by atoms with Gasteiger partial charge in [-0.2, -0.15) is 4.98 Å². The van der Waals surface area contributed by atoms with Crippen LogP contribution < -0.4 is 5.32 Å². The Bertz CT molecular complexity index is 1370. The van der Waals surface area contributed by atoms with Crippen molar-refractivity contribution in [2.75, 3.05) is 0 Å². The third kappa shape index (κ3) is 4.44. The highest BCUT2D eigenvalue weighted by atomic mass is 35.5. The van der Waals surface area contributed by atoms with Gasteiger partial charge in [0.25, 0.3) is 5.89 Å². The van der Waals surface area contributed by atoms with Crippen LogP contribution in [0.15, 0.2) is 89.1 Å². The maximum atomic E-state index is 14.1. The summed E-state index contributed by atoms with van der Waals surface area (Å²) in [5.74, 6) is 0.495. The SMILES string of the molecule is CC1=C(c2nc(-c3ccccc3)no2)C(c2cccc(F)c2)NC(=S)N1Cc1ccc(Cl)cc1. The highest BCUT2D eigenvalue weighted by Gasteiger charge is 2.34. The highest BCUT2D eigenvalue weighted by Crippen LogP contribution is 2.38. The summed E-state index contributed by atoms with van der Waals surface area (Å²) < 4.78 is 19.8. The van der Waals surface area contributed by atoms with Crippen LogP contribution in [0.1, 0.15) is 30.0 Å². The van der Waals surface area contributed by atoms with Crippen molar-refractivity contribution in [1.29, 1.82) is 0 Å². The number of nitrogens with zero attached hydrogens (tertiary/aromatic N) is 3. The van der Waals surface area contributed by atoms with E-state index in [1.807, 2.05) is 72.5 Å². The van der Waals surface area contributed by atoms with Crippen molar-refractivity contribution in [3.05, 3.63) is 112 Å². The second-order valence-electron chi connectivity index (χ2n) is 7.94. The summed E-state index contributed by atoms with van der Waals surface area (Å²) in [6.45, 7) is 2.48. The van der Waals surface area contributed by atoms with E-state index in [1.54, 1.807) is 6.07 Å². The second-order valence-corrected chi connectivity index (χ2v) is 8.76. The van der Waals surface area contributed by atoms with E-state index in [1.165, 1.54) is 12.1 Å². The Morgan fingerprint density at radius 3 is 2.56 bits per heavy atom. The van der Waals surface area contributed by atoms with Crippen LogP contribution in [0.4, 0.5) is 4.39 Å². The Balaban J connectivity index is 1.60. The molecule has 0 aliphatic carbocycles. The molecule has 1 aromatic heterocycles. The first-order chi connectivity index (χ1) is 16.5. The zero-order valence-electron chi connectivity index (χ0n) is 18.2. The van der Waals surface area contributed by atoms with Crippen LogP contribution in [-0.2, 0) is 6.54 Å². The van der Waals surface area contributed by atoms with Crippen LogP contribution >= 0.6 is 23.8 Å². The third-order valence-corrected chi connectivity index (χ3v) is 6.31. The van der Waals surface area contributed by atoms with E-state index >= 15 is 0 Å². The molecule has 1 N–H and O–H groups in total. The summed E-state index contributed by atoms with van der Waals surface area (Å²) >= 11 is 11.8. The van der Waals surface area contributed by atoms with Gasteiger partial charge in [0, 0.05) is 22.8 Å². The number of allylic oxidation sites excluding steroid dienone is 1. The monoisotopic (exact) mass is 490 g/mol. The summed E-state index contributed by atoms with van der Waals surface area (Å²) in [5, 5.41) is 8.73. The number of benzene rings is 3. The molecule has 2 heterocycles. The minimum absolute atomic E-state index is 0.332. The predicted molar refractivity (Wildman–Crippen MR) is 134 cm³/mol. The molecular formula is C26H20ClFN4OS. The molecule has 0 amide bonds. The Hall–Kier alpha value is -3.55. The molecule has 5 rings (SSSR count). The maximum absolute atomic E-state index is 14.1. The van der Waals surface area contributed by atoms with Gasteiger partial charge in [0.15, 0.2) is 5.11 Å². The van der Waals surface area contributed by atoms with Crippen molar-refractivity contribution >= 4 is 34.5 Å². The zero-order chi connectivity index (χ0) is 23.7. The van der Waals surface area contributed by atoms with E-state index in [0.717, 1.165) is 22.4 Å². The average Bonchev–Trinajstić information content (AvgIpc) is 3.33. The average molecular weight is 491 g/mol. The number of aromatic nitrogens is 2. The standard InChI is InChI=1S/C26H20ClFN4OS/c1-16-22(25-30-24(31-33-25)18-6-3-2-4-7-18)23(19-8-5-9-21(28)14-19)29-26(34)32(16)15-17-10-12-20(27)13-11-17/h2-14,23H,15H2,1H3,(H,29,34). The van der Waals surface area contributed by atoms with Crippen molar-refractivity contribution in [2.24, 2.45) is 0 Å². The van der Waals surface area contributed by atoms with Gasteiger partial charge in [-0.05, 0) is 54.5 Å². The van der Waals surface area contributed by atoms with Gasteiger partial charge in [-0.15, -0.1) is 0 Å². The maximum Gasteiger partial charge on any atom is 0.258 e. The molecule has 5 nitrogen and oxygen atoms in total. The Morgan fingerprint density at radius 2 is 1.82 bits per heavy atom. The van der Waals surface area contributed by atoms with Crippen molar-refractivity contribution in [2.45, 2.75) is 19.5 Å². The Morgan fingerprint density at radius 1 is 1.06 bits per heavy atom. The van der Waals surface area contributed by atoms with Crippen molar-refractivity contribution in [1.82, 2.24) is 20.4 Å². The molecule has 3 aromatic carbocycles. The van der Waals surface area contributed by atoms with Gasteiger partial charge in [-0.1, -0.05) is 71.4 Å². The van der Waals surface area contributed by atoms with E-state index in [2.05, 4.69) is 15.5 Å². The van der Waals surface area contributed by atoms with Crippen LogP contribution in [0.2, 0.25) is 5.02 Å². The second kappa shape index (κ2) is 9.37. The van der Waals surface area contributed by atoms with Crippen LogP contribution in [0.5, 0.6) is 0 Å². The van der Waals surface area contributed by atoms with E-state index in [9.17, 15) is 4.39 Å². The van der Waals surface area contributed by atoms with Gasteiger partial charge >= 0.3 is 0 Å². The molecule has 4 aromatic rings. The lowest BCUT2D eigenvalue weighted by Gasteiger charge is -2.37. The van der Waals surface area contributed by atoms with Crippen LogP contribution in [0.25, 0.3) is 17.0 Å². The summed E-state index contributed by atoms with van der Waals surface area (Å²) in [5.41, 5.74) is 4.17. The third-order valence-electron chi connectivity index (χ3n) is 5.72. The lowest BCUT2D eigenvalue weighted by Crippen LogP contribution is -2.45. The fourth-order valence-corrected chi connectivity index (χ4v) is 4.44. The number of hydrogen-bond acceptors (Lipinski definition) is 4. The molecule has 8 heteroatoms. The van der Waals surface area contributed by atoms with E-state index in [-0.39, 0.29) is 5.82 Å². The molecule has 0 fully saturated rings. The molecule has 1 atom stereocenters.